The Morgan fingerprint density at radius 2 is 1.26 bits per heavy atom. The SMILES string of the molecule is CCC[C@H](NC(=O)[C@H](C)NC)C(=O)N1C[C@@H](NC(=O)c2cccc(C(=O)N[C@H]3C[C@@H](C(=O)N[C@@H]4CCCc5ccccc54)N(C(=O)[C@@H](NC(=O)[C@H](C)NC)C(C)(C)C)C3)c2)C[C@H]1C(=O)N1CCCC1. The molecule has 0 aromatic heterocycles. The summed E-state index contributed by atoms with van der Waals surface area (Å²) in [5.74, 6) is -3.08. The Kier molecular flexibility index (Phi) is 17.6. The molecule has 0 radical (unpaired) electrons. The van der Waals surface area contributed by atoms with Gasteiger partial charge in [-0.2, -0.15) is 0 Å². The van der Waals surface area contributed by atoms with E-state index in [4.69, 9.17) is 0 Å². The van der Waals surface area contributed by atoms with Crippen molar-refractivity contribution in [3.05, 3.63) is 70.8 Å². The molecule has 18 nitrogen and oxygen atoms in total. The number of hydrogen-bond acceptors (Lipinski definition) is 10. The average molecular weight is 955 g/mol. The maximum Gasteiger partial charge on any atom is 0.251 e. The Bertz CT molecular complexity index is 2220. The Labute approximate surface area is 406 Å². The van der Waals surface area contributed by atoms with Gasteiger partial charge in [0, 0.05) is 49.4 Å². The second kappa shape index (κ2) is 23.2. The number of rotatable bonds is 17. The first kappa shape index (κ1) is 52.5. The first-order valence-electron chi connectivity index (χ1n) is 24.8. The molecule has 69 heavy (non-hydrogen) atoms. The fourth-order valence-electron chi connectivity index (χ4n) is 9.90. The fraction of sp³-hybridized carbons (Fsp3) is 0.608. The Balaban J connectivity index is 1.18. The topological polar surface area (TPSA) is 230 Å². The maximum absolute atomic E-state index is 14.6. The van der Waals surface area contributed by atoms with E-state index in [0.29, 0.717) is 25.9 Å². The average Bonchev–Trinajstić information content (AvgIpc) is 4.13. The number of benzene rings is 2. The van der Waals surface area contributed by atoms with E-state index in [1.807, 2.05) is 45.9 Å². The molecule has 6 rings (SSSR count). The van der Waals surface area contributed by atoms with Gasteiger partial charge in [-0.05, 0) is 114 Å². The van der Waals surface area contributed by atoms with Gasteiger partial charge in [-0.15, -0.1) is 0 Å². The second-order valence-electron chi connectivity index (χ2n) is 20.3. The molecule has 8 amide bonds. The van der Waals surface area contributed by atoms with Crippen molar-refractivity contribution in [1.29, 1.82) is 0 Å². The van der Waals surface area contributed by atoms with Crippen molar-refractivity contribution in [3.63, 3.8) is 0 Å². The van der Waals surface area contributed by atoms with Gasteiger partial charge in [0.15, 0.2) is 0 Å². The summed E-state index contributed by atoms with van der Waals surface area (Å²) in [6.07, 6.45) is 5.55. The molecular weight excluding hydrogens is 881 g/mol. The number of fused-ring (bicyclic) bond motifs is 1. The minimum Gasteiger partial charge on any atom is -0.347 e. The van der Waals surface area contributed by atoms with Gasteiger partial charge in [0.1, 0.15) is 24.2 Å². The molecule has 3 aliphatic heterocycles. The van der Waals surface area contributed by atoms with Crippen LogP contribution in [0.1, 0.15) is 131 Å². The minimum atomic E-state index is -0.986. The normalized spacial score (nSPS) is 23.0. The van der Waals surface area contributed by atoms with Gasteiger partial charge in [-0.3, -0.25) is 38.4 Å². The highest BCUT2D eigenvalue weighted by Crippen LogP contribution is 2.32. The number of amides is 8. The highest BCUT2D eigenvalue weighted by atomic mass is 16.2. The summed E-state index contributed by atoms with van der Waals surface area (Å²) in [6.45, 7) is 12.1. The molecule has 0 saturated carbocycles. The largest absolute Gasteiger partial charge is 0.347 e. The summed E-state index contributed by atoms with van der Waals surface area (Å²) in [5.41, 5.74) is 1.83. The van der Waals surface area contributed by atoms with Gasteiger partial charge in [0.05, 0.1) is 18.1 Å². The molecule has 0 bridgehead atoms. The molecule has 3 fully saturated rings. The van der Waals surface area contributed by atoms with Crippen LogP contribution in [-0.4, -0.2) is 151 Å². The van der Waals surface area contributed by atoms with Crippen molar-refractivity contribution in [2.75, 3.05) is 40.3 Å². The molecule has 2 aromatic rings. The van der Waals surface area contributed by atoms with E-state index in [1.54, 1.807) is 51.0 Å². The van der Waals surface area contributed by atoms with E-state index < -0.39 is 71.5 Å². The van der Waals surface area contributed by atoms with Crippen LogP contribution in [0.4, 0.5) is 0 Å². The molecule has 0 unspecified atom stereocenters. The quantitative estimate of drug-likeness (QED) is 0.122. The second-order valence-corrected chi connectivity index (χ2v) is 20.3. The number of nitrogens with one attached hydrogen (secondary N) is 7. The summed E-state index contributed by atoms with van der Waals surface area (Å²) in [7, 11) is 3.31. The summed E-state index contributed by atoms with van der Waals surface area (Å²) in [6, 6.07) is 7.95. The molecule has 0 spiro atoms. The van der Waals surface area contributed by atoms with E-state index in [-0.39, 0.29) is 72.6 Å². The number of carbonyl (C=O) groups is 8. The number of hydrogen-bond donors (Lipinski definition) is 7. The van der Waals surface area contributed by atoms with Gasteiger partial charge in [-0.25, -0.2) is 0 Å². The van der Waals surface area contributed by atoms with Crippen LogP contribution >= 0.6 is 0 Å². The number of nitrogens with zero attached hydrogens (tertiary/aromatic N) is 3. The summed E-state index contributed by atoms with van der Waals surface area (Å²) in [5, 5.41) is 20.8. The number of likely N-dealkylation sites (N-methyl/N-ethyl adjacent to an activating group) is 2. The first-order valence-corrected chi connectivity index (χ1v) is 24.8. The highest BCUT2D eigenvalue weighted by Gasteiger charge is 2.47. The van der Waals surface area contributed by atoms with Crippen LogP contribution in [0.25, 0.3) is 0 Å². The van der Waals surface area contributed by atoms with Gasteiger partial charge in [0.2, 0.25) is 35.4 Å². The fourth-order valence-corrected chi connectivity index (χ4v) is 9.90. The zero-order chi connectivity index (χ0) is 50.2. The van der Waals surface area contributed by atoms with E-state index in [2.05, 4.69) is 43.3 Å². The predicted molar refractivity (Wildman–Crippen MR) is 261 cm³/mol. The lowest BCUT2D eigenvalue weighted by Gasteiger charge is -2.36. The van der Waals surface area contributed by atoms with E-state index in [9.17, 15) is 38.4 Å². The molecule has 3 heterocycles. The lowest BCUT2D eigenvalue weighted by molar-refractivity contribution is -0.145. The van der Waals surface area contributed by atoms with E-state index in [1.165, 1.54) is 21.4 Å². The third-order valence-electron chi connectivity index (χ3n) is 14.2. The van der Waals surface area contributed by atoms with Gasteiger partial charge in [0.25, 0.3) is 11.8 Å². The standard InChI is InChI=1S/C51H74N10O8/c1-9-16-39(57-43(62)30(2)52-7)48(67)61-29-36(27-41(61)49(68)59-23-12-13-24-59)55-46(65)34-20-14-19-33(25-34)45(64)54-35-26-40(47(66)56-38-22-15-18-32-17-10-11-21-37(32)38)60(28-35)50(69)42(51(4,5)6)58-44(63)31(3)53-8/h10-11,14,17,19-21,25,30-31,35-36,38-42,52-53H,9,12-13,15-16,18,22-24,26-29H2,1-8H3,(H,54,64)(H,55,65)(H,56,66)(H,57,62)(H,58,63)/t30-,31-,35-,36-,38+,39-,40-,41-,42+/m0/s1. The lowest BCUT2D eigenvalue weighted by atomic mass is 9.85. The molecule has 3 saturated heterocycles. The van der Waals surface area contributed by atoms with Crippen molar-refractivity contribution in [3.8, 4) is 0 Å². The molecule has 2 aromatic carbocycles. The van der Waals surface area contributed by atoms with Crippen LogP contribution in [0.15, 0.2) is 48.5 Å². The lowest BCUT2D eigenvalue weighted by Crippen LogP contribution is -2.59. The van der Waals surface area contributed by atoms with Gasteiger partial charge in [-0.1, -0.05) is 64.4 Å². The van der Waals surface area contributed by atoms with Crippen molar-refractivity contribution < 1.29 is 38.4 Å². The molecular formula is C51H74N10O8. The molecule has 18 heteroatoms. The Morgan fingerprint density at radius 3 is 1.84 bits per heavy atom. The third kappa shape index (κ3) is 12.7. The zero-order valence-electron chi connectivity index (χ0n) is 41.6. The van der Waals surface area contributed by atoms with Gasteiger partial charge >= 0.3 is 0 Å². The molecule has 1 aliphatic carbocycles. The molecule has 9 atom stereocenters. The van der Waals surface area contributed by atoms with Crippen molar-refractivity contribution >= 4 is 47.3 Å². The minimum absolute atomic E-state index is 0.000347. The summed E-state index contributed by atoms with van der Waals surface area (Å²) < 4.78 is 0. The van der Waals surface area contributed by atoms with E-state index in [0.717, 1.165) is 37.7 Å². The Hall–Kier alpha value is -5.88. The van der Waals surface area contributed by atoms with Crippen molar-refractivity contribution in [2.45, 2.75) is 154 Å². The van der Waals surface area contributed by atoms with Gasteiger partial charge < -0.3 is 51.9 Å². The smallest absolute Gasteiger partial charge is 0.251 e. The molecule has 4 aliphatic rings. The summed E-state index contributed by atoms with van der Waals surface area (Å²) >= 11 is 0. The highest BCUT2D eigenvalue weighted by molar-refractivity contribution is 6.01. The van der Waals surface area contributed by atoms with Crippen LogP contribution in [-0.2, 0) is 35.2 Å². The third-order valence-corrected chi connectivity index (χ3v) is 14.2. The van der Waals surface area contributed by atoms with Crippen LogP contribution in [0.2, 0.25) is 0 Å². The van der Waals surface area contributed by atoms with Crippen LogP contribution in [0, 0.1) is 5.41 Å². The molecule has 7 N–H and O–H groups in total. The van der Waals surface area contributed by atoms with Crippen LogP contribution in [0.5, 0.6) is 0 Å². The van der Waals surface area contributed by atoms with Crippen molar-refractivity contribution in [1.82, 2.24) is 51.9 Å². The summed E-state index contributed by atoms with van der Waals surface area (Å²) in [4.78, 5) is 116. The number of aryl methyl sites for hydroxylation is 1. The monoisotopic (exact) mass is 955 g/mol. The zero-order valence-corrected chi connectivity index (χ0v) is 41.6. The maximum atomic E-state index is 14.6. The number of likely N-dealkylation sites (tertiary alicyclic amines) is 3. The van der Waals surface area contributed by atoms with Crippen LogP contribution < -0.4 is 37.2 Å². The predicted octanol–water partition coefficient (Wildman–Crippen LogP) is 1.93. The van der Waals surface area contributed by atoms with E-state index >= 15 is 0 Å². The number of carbonyl (C=O) groups excluding carboxylic acids is 8. The Morgan fingerprint density at radius 1 is 0.696 bits per heavy atom. The molecule has 376 valence electrons. The van der Waals surface area contributed by atoms with Crippen LogP contribution in [0.3, 0.4) is 0 Å². The van der Waals surface area contributed by atoms with Crippen molar-refractivity contribution in [2.24, 2.45) is 5.41 Å². The first-order chi connectivity index (χ1) is 32.8.